The second-order valence-corrected chi connectivity index (χ2v) is 32.9. The van der Waals surface area contributed by atoms with Crippen LogP contribution in [-0.4, -0.2) is 34.1 Å². The minimum Gasteiger partial charge on any atom is -0.309 e. The van der Waals surface area contributed by atoms with Crippen LogP contribution >= 0.6 is 0 Å². The van der Waals surface area contributed by atoms with Crippen molar-refractivity contribution in [3.8, 4) is 102 Å². The van der Waals surface area contributed by atoms with Gasteiger partial charge in [-0.1, -0.05) is 364 Å². The number of fused-ring (bicyclic) bond motifs is 24. The lowest BCUT2D eigenvalue weighted by atomic mass is 9.88. The third-order valence-electron chi connectivity index (χ3n) is 25.7. The molecule has 7 nitrogen and oxygen atoms in total. The molecule has 0 N–H and O–H groups in total. The number of nitrogens with zero attached hydrogens (tertiary/aromatic N) is 7. The van der Waals surface area contributed by atoms with Crippen LogP contribution in [0.4, 0.5) is 0 Å². The fourth-order valence-electron chi connectivity index (χ4n) is 19.8. The van der Waals surface area contributed by atoms with Gasteiger partial charge in [0.05, 0.1) is 33.5 Å². The average molecular weight is 1600 g/mol. The Labute approximate surface area is 725 Å². The summed E-state index contributed by atoms with van der Waals surface area (Å²) in [5.74, 6) is 2.62. The van der Waals surface area contributed by atoms with E-state index in [4.69, 9.17) is 24.9 Å². The number of hydrogen-bond donors (Lipinski definition) is 0. The van der Waals surface area contributed by atoms with E-state index >= 15 is 0 Å². The van der Waals surface area contributed by atoms with E-state index in [-0.39, 0.29) is 0 Å². The molecule has 0 amide bonds. The smallest absolute Gasteiger partial charge is 0.164 e. The van der Waals surface area contributed by atoms with Gasteiger partial charge >= 0.3 is 0 Å². The molecule has 0 spiro atoms. The number of benzene rings is 22. The Morgan fingerprint density at radius 3 is 0.802 bits per heavy atom. The molecular formula is C119H73N7. The molecule has 0 aliphatic heterocycles. The molecule has 4 aromatic heterocycles. The Kier molecular flexibility index (Phi) is 16.9. The van der Waals surface area contributed by atoms with Crippen LogP contribution in [0, 0.1) is 0 Å². The van der Waals surface area contributed by atoms with Crippen molar-refractivity contribution in [2.75, 3.05) is 0 Å². The quantitative estimate of drug-likeness (QED) is 0.128. The minimum absolute atomic E-state index is 0.634. The maximum Gasteiger partial charge on any atom is 0.164 e. The molecule has 26 aromatic rings. The summed E-state index contributed by atoms with van der Waals surface area (Å²) in [6.45, 7) is 0. The van der Waals surface area contributed by atoms with E-state index in [2.05, 4.69) is 452 Å². The zero-order chi connectivity index (χ0) is 82.9. The van der Waals surface area contributed by atoms with Crippen LogP contribution in [0.1, 0.15) is 0 Å². The lowest BCUT2D eigenvalue weighted by Gasteiger charge is -2.16. The highest BCUT2D eigenvalue weighted by molar-refractivity contribution is 6.40. The predicted octanol–water partition coefficient (Wildman–Crippen LogP) is 31.4. The van der Waals surface area contributed by atoms with Crippen LogP contribution in [0.25, 0.3) is 253 Å². The Morgan fingerprint density at radius 2 is 0.421 bits per heavy atom. The van der Waals surface area contributed by atoms with Crippen LogP contribution < -0.4 is 0 Å². The van der Waals surface area contributed by atoms with E-state index < -0.39 is 0 Å². The molecule has 584 valence electrons. The molecule has 0 saturated carbocycles. The average Bonchev–Trinajstić information content (AvgIpc) is 1.53. The van der Waals surface area contributed by atoms with Gasteiger partial charge in [-0.05, 0) is 187 Å². The number of para-hydroxylation sites is 4. The van der Waals surface area contributed by atoms with Crippen molar-refractivity contribution >= 4 is 151 Å². The van der Waals surface area contributed by atoms with Gasteiger partial charge in [0.25, 0.3) is 0 Å². The highest BCUT2D eigenvalue weighted by atomic mass is 15.0. The molecule has 0 saturated heterocycles. The lowest BCUT2D eigenvalue weighted by molar-refractivity contribution is 1.08. The molecule has 0 bridgehead atoms. The Bertz CT molecular complexity index is 8240. The molecule has 0 atom stereocenters. The van der Waals surface area contributed by atoms with E-state index in [0.717, 1.165) is 78.0 Å². The minimum atomic E-state index is 0.634. The van der Waals surface area contributed by atoms with Gasteiger partial charge in [0.2, 0.25) is 0 Å². The molecule has 7 heteroatoms. The van der Waals surface area contributed by atoms with E-state index in [0.29, 0.717) is 23.3 Å². The van der Waals surface area contributed by atoms with E-state index in [9.17, 15) is 0 Å². The van der Waals surface area contributed by atoms with Crippen LogP contribution in [0.15, 0.2) is 443 Å². The standard InChI is InChI=1S/C60H37N3.C59H36N4/c1-2-18-46(19-3-1)63-56-25-13-12-24-51(56)58-57-49-22-10-8-20-47(49)52(36-53(57)48-21-9-11-23-50(48)59(58)63)40-28-30-41(31-29-40)60-61-54(44-32-26-38-14-4-6-16-42(38)34-44)37-55(62-60)45-33-27-39-15-5-7-17-43(39)35-45;1-2-18-45(19-3-1)63-53-25-13-12-24-50(53)55-54-48-22-10-8-20-46(48)51(36-52(54)47-21-9-11-23-49(47)56(55)63)39-28-30-40(31-29-39)57-60-58(43-32-26-37-14-4-6-16-41(37)34-43)62-59(61-57)44-33-27-38-15-5-7-17-42(38)35-44/h1-37H;1-36H. The SMILES string of the molecule is c1ccc(-n2c3ccccc3c3c4c5ccccc5c(-c5ccc(-c6nc(-c7ccc8ccccc8c7)cc(-c7ccc8ccccc8c7)n6)cc5)cc4c4ccccc4c32)cc1.c1ccc(-n2c3ccccc3c3c4c5ccccc5c(-c5ccc(-c6nc(-c7ccc8ccccc8c7)nc(-c7ccc8ccccc8c7)n6)cc5)cc4c4ccccc4c32)cc1. The van der Waals surface area contributed by atoms with Crippen molar-refractivity contribution in [2.45, 2.75) is 0 Å². The molecule has 26 rings (SSSR count). The van der Waals surface area contributed by atoms with Crippen molar-refractivity contribution in [2.24, 2.45) is 0 Å². The summed E-state index contributed by atoms with van der Waals surface area (Å²) in [5, 5.41) is 29.4. The van der Waals surface area contributed by atoms with Crippen LogP contribution in [0.3, 0.4) is 0 Å². The number of rotatable bonds is 10. The zero-order valence-corrected chi connectivity index (χ0v) is 68.3. The molecule has 0 radical (unpaired) electrons. The topological polar surface area (TPSA) is 74.3 Å². The molecule has 0 aliphatic carbocycles. The first-order valence-electron chi connectivity index (χ1n) is 43.0. The van der Waals surface area contributed by atoms with Gasteiger partial charge < -0.3 is 9.13 Å². The first kappa shape index (κ1) is 72.0. The van der Waals surface area contributed by atoms with Gasteiger partial charge in [-0.3, -0.25) is 0 Å². The Morgan fingerprint density at radius 1 is 0.151 bits per heavy atom. The van der Waals surface area contributed by atoms with E-state index in [1.165, 1.54) is 152 Å². The van der Waals surface area contributed by atoms with Crippen molar-refractivity contribution < 1.29 is 0 Å². The summed E-state index contributed by atoms with van der Waals surface area (Å²) < 4.78 is 4.90. The first-order valence-corrected chi connectivity index (χ1v) is 43.0. The van der Waals surface area contributed by atoms with Crippen molar-refractivity contribution in [1.29, 1.82) is 0 Å². The third-order valence-corrected chi connectivity index (χ3v) is 25.7. The zero-order valence-electron chi connectivity index (χ0n) is 68.3. The van der Waals surface area contributed by atoms with Gasteiger partial charge in [-0.25, -0.2) is 24.9 Å². The van der Waals surface area contributed by atoms with Gasteiger partial charge in [-0.15, -0.1) is 0 Å². The fourth-order valence-corrected chi connectivity index (χ4v) is 19.8. The van der Waals surface area contributed by atoms with Gasteiger partial charge in [0, 0.05) is 87.8 Å². The summed E-state index contributed by atoms with van der Waals surface area (Å²) >= 11 is 0. The highest BCUT2D eigenvalue weighted by Gasteiger charge is 2.26. The van der Waals surface area contributed by atoms with E-state index in [1.807, 2.05) is 0 Å². The molecular weight excluding hydrogens is 1530 g/mol. The third kappa shape index (κ3) is 12.0. The molecule has 126 heavy (non-hydrogen) atoms. The fraction of sp³-hybridized carbons (Fsp3) is 0. The van der Waals surface area contributed by atoms with Gasteiger partial charge in [0.15, 0.2) is 23.3 Å². The maximum atomic E-state index is 5.26. The first-order chi connectivity index (χ1) is 62.5. The molecule has 4 heterocycles. The van der Waals surface area contributed by atoms with Crippen molar-refractivity contribution in [3.63, 3.8) is 0 Å². The van der Waals surface area contributed by atoms with E-state index in [1.54, 1.807) is 0 Å². The van der Waals surface area contributed by atoms with Crippen LogP contribution in [0.2, 0.25) is 0 Å². The molecule has 22 aromatic carbocycles. The molecule has 0 aliphatic rings. The van der Waals surface area contributed by atoms with Crippen LogP contribution in [-0.2, 0) is 0 Å². The highest BCUT2D eigenvalue weighted by Crippen LogP contribution is 2.50. The number of aromatic nitrogens is 7. The Balaban J connectivity index is 0.000000137. The summed E-state index contributed by atoms with van der Waals surface area (Å²) in [6.07, 6.45) is 0. The maximum absolute atomic E-state index is 5.26. The normalized spacial score (nSPS) is 11.8. The largest absolute Gasteiger partial charge is 0.309 e. The lowest BCUT2D eigenvalue weighted by Crippen LogP contribution is -2.00. The summed E-state index contributed by atoms with van der Waals surface area (Å²) in [6, 6.07) is 159. The number of hydrogen-bond acceptors (Lipinski definition) is 5. The monoisotopic (exact) mass is 1600 g/mol. The van der Waals surface area contributed by atoms with Crippen LogP contribution in [0.5, 0.6) is 0 Å². The van der Waals surface area contributed by atoms with Crippen molar-refractivity contribution in [1.82, 2.24) is 34.1 Å². The second-order valence-electron chi connectivity index (χ2n) is 32.9. The molecule has 0 unspecified atom stereocenters. The van der Waals surface area contributed by atoms with Gasteiger partial charge in [-0.2, -0.15) is 0 Å². The Hall–Kier alpha value is -16.9. The van der Waals surface area contributed by atoms with Gasteiger partial charge in [0.1, 0.15) is 0 Å². The summed E-state index contributed by atoms with van der Waals surface area (Å²) in [7, 11) is 0. The second kappa shape index (κ2) is 29.5. The summed E-state index contributed by atoms with van der Waals surface area (Å²) in [4.78, 5) is 25.9. The summed E-state index contributed by atoms with van der Waals surface area (Å²) in [5.41, 5.74) is 19.6. The predicted molar refractivity (Wildman–Crippen MR) is 529 cm³/mol. The van der Waals surface area contributed by atoms with Crippen molar-refractivity contribution in [3.05, 3.63) is 443 Å². The molecule has 0 fully saturated rings.